The summed E-state index contributed by atoms with van der Waals surface area (Å²) in [6.07, 6.45) is 3.62. The summed E-state index contributed by atoms with van der Waals surface area (Å²) in [6.45, 7) is 5.72. The Morgan fingerprint density at radius 3 is 2.45 bits per heavy atom. The average molecular weight is 277 g/mol. The zero-order chi connectivity index (χ0) is 14.4. The molecule has 1 heterocycles. The molecule has 1 saturated heterocycles. The zero-order valence-electron chi connectivity index (χ0n) is 12.1. The van der Waals surface area contributed by atoms with Crippen molar-refractivity contribution >= 4 is 5.69 Å². The number of nitro benzene ring substituents is 1. The van der Waals surface area contributed by atoms with Gasteiger partial charge in [-0.15, -0.1) is 0 Å². The first-order valence-electron chi connectivity index (χ1n) is 7.29. The van der Waals surface area contributed by atoms with Gasteiger partial charge in [-0.2, -0.15) is 0 Å². The smallest absolute Gasteiger partial charge is 0.269 e. The number of rotatable bonds is 7. The fraction of sp³-hybridized carbons (Fsp3) is 0.600. The highest BCUT2D eigenvalue weighted by molar-refractivity contribution is 5.32. The third-order valence-electron chi connectivity index (χ3n) is 3.93. The molecular weight excluding hydrogens is 254 g/mol. The summed E-state index contributed by atoms with van der Waals surface area (Å²) in [6, 6.07) is 6.87. The number of nitro groups is 1. The molecule has 0 unspecified atom stereocenters. The van der Waals surface area contributed by atoms with E-state index in [0.717, 1.165) is 31.6 Å². The molecule has 1 aliphatic heterocycles. The average Bonchev–Trinajstić information content (AvgIpc) is 2.96. The number of hydrogen-bond acceptors (Lipinski definition) is 4. The van der Waals surface area contributed by atoms with Gasteiger partial charge in [0.1, 0.15) is 0 Å². The Bertz CT molecular complexity index is 427. The number of likely N-dealkylation sites (tertiary alicyclic amines) is 1. The van der Waals surface area contributed by atoms with Crippen LogP contribution in [-0.2, 0) is 6.42 Å². The van der Waals surface area contributed by atoms with Crippen LogP contribution in [0.1, 0.15) is 18.4 Å². The molecule has 0 N–H and O–H groups in total. The Kier molecular flexibility index (Phi) is 5.49. The van der Waals surface area contributed by atoms with E-state index in [9.17, 15) is 10.1 Å². The van der Waals surface area contributed by atoms with Gasteiger partial charge in [0.25, 0.3) is 5.69 Å². The van der Waals surface area contributed by atoms with Gasteiger partial charge in [0.15, 0.2) is 0 Å². The van der Waals surface area contributed by atoms with Crippen molar-refractivity contribution in [3.63, 3.8) is 0 Å². The van der Waals surface area contributed by atoms with Gasteiger partial charge in [-0.1, -0.05) is 12.1 Å². The maximum atomic E-state index is 10.6. The molecule has 1 fully saturated rings. The highest BCUT2D eigenvalue weighted by Gasteiger charge is 2.11. The molecule has 0 aliphatic carbocycles. The monoisotopic (exact) mass is 277 g/mol. The lowest BCUT2D eigenvalue weighted by Gasteiger charge is -2.21. The molecule has 0 spiro atoms. The Morgan fingerprint density at radius 1 is 1.20 bits per heavy atom. The first-order valence-corrected chi connectivity index (χ1v) is 7.29. The van der Waals surface area contributed by atoms with Crippen molar-refractivity contribution in [2.75, 3.05) is 39.8 Å². The Labute approximate surface area is 120 Å². The quantitative estimate of drug-likeness (QED) is 0.566. The summed E-state index contributed by atoms with van der Waals surface area (Å²) in [5.74, 6) is 0. The molecule has 1 aliphatic rings. The van der Waals surface area contributed by atoms with E-state index >= 15 is 0 Å². The lowest BCUT2D eigenvalue weighted by molar-refractivity contribution is -0.384. The molecule has 0 bridgehead atoms. The molecule has 0 saturated carbocycles. The molecule has 2 rings (SSSR count). The second-order valence-corrected chi connectivity index (χ2v) is 5.53. The summed E-state index contributed by atoms with van der Waals surface area (Å²) in [5.41, 5.74) is 1.32. The molecule has 1 aromatic rings. The van der Waals surface area contributed by atoms with E-state index in [0.29, 0.717) is 0 Å². The van der Waals surface area contributed by atoms with E-state index in [1.54, 1.807) is 12.1 Å². The van der Waals surface area contributed by atoms with Crippen molar-refractivity contribution in [2.24, 2.45) is 0 Å². The second-order valence-electron chi connectivity index (χ2n) is 5.53. The van der Waals surface area contributed by atoms with E-state index in [2.05, 4.69) is 16.8 Å². The second kappa shape index (κ2) is 7.36. The van der Waals surface area contributed by atoms with Crippen LogP contribution < -0.4 is 0 Å². The minimum Gasteiger partial charge on any atom is -0.305 e. The van der Waals surface area contributed by atoms with E-state index in [-0.39, 0.29) is 10.6 Å². The molecule has 5 nitrogen and oxygen atoms in total. The first kappa shape index (κ1) is 14.9. The van der Waals surface area contributed by atoms with Crippen LogP contribution in [0.5, 0.6) is 0 Å². The van der Waals surface area contributed by atoms with Crippen LogP contribution >= 0.6 is 0 Å². The lowest BCUT2D eigenvalue weighted by Crippen LogP contribution is -2.32. The largest absolute Gasteiger partial charge is 0.305 e. The van der Waals surface area contributed by atoms with Crippen molar-refractivity contribution < 1.29 is 4.92 Å². The minimum atomic E-state index is -0.355. The molecule has 5 heteroatoms. The molecule has 20 heavy (non-hydrogen) atoms. The van der Waals surface area contributed by atoms with Gasteiger partial charge in [0.2, 0.25) is 0 Å². The fourth-order valence-corrected chi connectivity index (χ4v) is 2.53. The van der Waals surface area contributed by atoms with E-state index in [1.165, 1.54) is 25.9 Å². The highest BCUT2D eigenvalue weighted by Crippen LogP contribution is 2.12. The van der Waals surface area contributed by atoms with E-state index in [1.807, 2.05) is 12.1 Å². The molecule has 1 aromatic carbocycles. The molecular formula is C15H23N3O2. The molecule has 0 amide bonds. The standard InChI is InChI=1S/C15H23N3O2/c1-16(12-13-17-9-2-3-10-17)11-8-14-4-6-15(7-5-14)18(19)20/h4-7H,2-3,8-13H2,1H3. The van der Waals surface area contributed by atoms with E-state index < -0.39 is 0 Å². The fourth-order valence-electron chi connectivity index (χ4n) is 2.53. The Hall–Kier alpha value is -1.46. The molecule has 0 radical (unpaired) electrons. The maximum absolute atomic E-state index is 10.6. The number of nitrogens with zero attached hydrogens (tertiary/aromatic N) is 3. The first-order chi connectivity index (χ1) is 9.65. The summed E-state index contributed by atoms with van der Waals surface area (Å²) >= 11 is 0. The van der Waals surface area contributed by atoms with Crippen LogP contribution in [-0.4, -0.2) is 54.5 Å². The van der Waals surface area contributed by atoms with Crippen LogP contribution in [0.2, 0.25) is 0 Å². The van der Waals surface area contributed by atoms with Crippen molar-refractivity contribution in [1.29, 1.82) is 0 Å². The van der Waals surface area contributed by atoms with Crippen LogP contribution in [0.15, 0.2) is 24.3 Å². The van der Waals surface area contributed by atoms with Crippen molar-refractivity contribution in [1.82, 2.24) is 9.80 Å². The van der Waals surface area contributed by atoms with Crippen LogP contribution in [0.25, 0.3) is 0 Å². The lowest BCUT2D eigenvalue weighted by atomic mass is 10.1. The third-order valence-corrected chi connectivity index (χ3v) is 3.93. The predicted molar refractivity (Wildman–Crippen MR) is 80.0 cm³/mol. The zero-order valence-corrected chi connectivity index (χ0v) is 12.1. The summed E-state index contributed by atoms with van der Waals surface area (Å²) in [7, 11) is 2.14. The van der Waals surface area contributed by atoms with E-state index in [4.69, 9.17) is 0 Å². The van der Waals surface area contributed by atoms with Gasteiger partial charge in [0.05, 0.1) is 4.92 Å². The SMILES string of the molecule is CN(CCc1ccc([N+](=O)[O-])cc1)CCN1CCCC1. The van der Waals surface area contributed by atoms with Gasteiger partial charge in [-0.3, -0.25) is 10.1 Å². The van der Waals surface area contributed by atoms with Gasteiger partial charge < -0.3 is 9.80 Å². The van der Waals surface area contributed by atoms with Gasteiger partial charge >= 0.3 is 0 Å². The Morgan fingerprint density at radius 2 is 1.85 bits per heavy atom. The van der Waals surface area contributed by atoms with Crippen LogP contribution in [0.4, 0.5) is 5.69 Å². The topological polar surface area (TPSA) is 49.6 Å². The maximum Gasteiger partial charge on any atom is 0.269 e. The van der Waals surface area contributed by atoms with Crippen LogP contribution in [0.3, 0.4) is 0 Å². The van der Waals surface area contributed by atoms with Gasteiger partial charge in [-0.05, 0) is 45.0 Å². The molecule has 110 valence electrons. The number of benzene rings is 1. The normalized spacial score (nSPS) is 15.9. The van der Waals surface area contributed by atoms with Crippen molar-refractivity contribution in [3.8, 4) is 0 Å². The van der Waals surface area contributed by atoms with Gasteiger partial charge in [0, 0.05) is 31.8 Å². The Balaban J connectivity index is 1.69. The third kappa shape index (κ3) is 4.58. The minimum absolute atomic E-state index is 0.163. The predicted octanol–water partition coefficient (Wildman–Crippen LogP) is 2.16. The number of non-ortho nitro benzene ring substituents is 1. The van der Waals surface area contributed by atoms with Crippen LogP contribution in [0, 0.1) is 10.1 Å². The molecule has 0 atom stereocenters. The highest BCUT2D eigenvalue weighted by atomic mass is 16.6. The van der Waals surface area contributed by atoms with Gasteiger partial charge in [-0.25, -0.2) is 0 Å². The summed E-state index contributed by atoms with van der Waals surface area (Å²) < 4.78 is 0. The molecule has 0 aromatic heterocycles. The van der Waals surface area contributed by atoms with Crippen molar-refractivity contribution in [3.05, 3.63) is 39.9 Å². The number of likely N-dealkylation sites (N-methyl/N-ethyl adjacent to an activating group) is 1. The van der Waals surface area contributed by atoms with Crippen molar-refractivity contribution in [2.45, 2.75) is 19.3 Å². The number of hydrogen-bond donors (Lipinski definition) is 0. The summed E-state index contributed by atoms with van der Waals surface area (Å²) in [4.78, 5) is 15.1. The summed E-state index contributed by atoms with van der Waals surface area (Å²) in [5, 5.41) is 10.6.